The van der Waals surface area contributed by atoms with Crippen molar-refractivity contribution >= 4 is 33.2 Å². The fourth-order valence-electron chi connectivity index (χ4n) is 2.81. The molecule has 0 radical (unpaired) electrons. The van der Waals surface area contributed by atoms with Gasteiger partial charge in [0.1, 0.15) is 0 Å². The van der Waals surface area contributed by atoms with Crippen molar-refractivity contribution in [3.05, 3.63) is 21.4 Å². The van der Waals surface area contributed by atoms with Gasteiger partial charge in [-0.1, -0.05) is 43.1 Å². The summed E-state index contributed by atoms with van der Waals surface area (Å²) in [6, 6.07) is 2.12. The number of thiophene rings is 1. The monoisotopic (exact) mass is 371 g/mol. The van der Waals surface area contributed by atoms with Crippen molar-refractivity contribution in [3.63, 3.8) is 0 Å². The highest BCUT2D eigenvalue weighted by Crippen LogP contribution is 2.29. The van der Waals surface area contributed by atoms with E-state index in [9.17, 15) is 4.79 Å². The molecule has 0 bridgehead atoms. The molecule has 1 amide bonds. The number of halogens is 1. The Morgan fingerprint density at radius 2 is 2.05 bits per heavy atom. The molecule has 0 saturated carbocycles. The predicted molar refractivity (Wildman–Crippen MR) is 94.7 cm³/mol. The lowest BCUT2D eigenvalue weighted by molar-refractivity contribution is 0.0956. The predicted octanol–water partition coefficient (Wildman–Crippen LogP) is 4.95. The molecule has 1 heterocycles. The summed E-state index contributed by atoms with van der Waals surface area (Å²) in [4.78, 5) is 14.9. The van der Waals surface area contributed by atoms with Gasteiger partial charge in [-0.2, -0.15) is 0 Å². The number of aryl methyl sites for hydroxylation is 2. The van der Waals surface area contributed by atoms with Crippen LogP contribution in [0.3, 0.4) is 0 Å². The van der Waals surface area contributed by atoms with E-state index in [-0.39, 0.29) is 11.3 Å². The van der Waals surface area contributed by atoms with Gasteiger partial charge >= 0.3 is 0 Å². The van der Waals surface area contributed by atoms with E-state index in [0.29, 0.717) is 11.4 Å². The third kappa shape index (κ3) is 5.41. The summed E-state index contributed by atoms with van der Waals surface area (Å²) >= 11 is 5.36. The van der Waals surface area contributed by atoms with Crippen LogP contribution in [0.5, 0.6) is 0 Å². The topological polar surface area (TPSA) is 29.1 Å². The van der Waals surface area contributed by atoms with E-state index in [1.165, 1.54) is 29.7 Å². The number of nitrogens with one attached hydrogen (secondary N) is 1. The maximum absolute atomic E-state index is 12.3. The van der Waals surface area contributed by atoms with Crippen LogP contribution in [0.25, 0.3) is 0 Å². The van der Waals surface area contributed by atoms with E-state index in [2.05, 4.69) is 48.1 Å². The van der Waals surface area contributed by atoms with Gasteiger partial charge in [0.15, 0.2) is 0 Å². The Bertz CT molecular complexity index is 466. The number of amides is 1. The molecule has 0 aromatic carbocycles. The van der Waals surface area contributed by atoms with Crippen molar-refractivity contribution in [1.82, 2.24) is 5.32 Å². The minimum absolute atomic E-state index is 0.0893. The Hall–Kier alpha value is -0.350. The zero-order valence-electron chi connectivity index (χ0n) is 13.3. The van der Waals surface area contributed by atoms with E-state index in [4.69, 9.17) is 0 Å². The average molecular weight is 372 g/mol. The molecule has 1 atom stereocenters. The summed E-state index contributed by atoms with van der Waals surface area (Å²) in [7, 11) is 0. The maximum atomic E-state index is 12.3. The normalized spacial score (nSPS) is 17.0. The molecule has 2 rings (SSSR count). The van der Waals surface area contributed by atoms with Crippen LogP contribution in [0.4, 0.5) is 0 Å². The molecule has 1 aliphatic rings. The van der Waals surface area contributed by atoms with Crippen LogP contribution in [0, 0.1) is 5.41 Å². The summed E-state index contributed by atoms with van der Waals surface area (Å²) < 4.78 is 0. The molecular formula is C17H26BrNOS. The molecule has 1 N–H and O–H groups in total. The second-order valence-corrected chi connectivity index (χ2v) is 9.62. The molecule has 1 aliphatic carbocycles. The van der Waals surface area contributed by atoms with Gasteiger partial charge in [-0.05, 0) is 49.1 Å². The van der Waals surface area contributed by atoms with Crippen molar-refractivity contribution in [2.45, 2.75) is 64.1 Å². The van der Waals surface area contributed by atoms with Gasteiger partial charge < -0.3 is 5.32 Å². The summed E-state index contributed by atoms with van der Waals surface area (Å²) in [6.45, 7) is 7.36. The zero-order chi connectivity index (χ0) is 15.5. The largest absolute Gasteiger partial charge is 0.350 e. The third-order valence-electron chi connectivity index (χ3n) is 3.79. The standard InChI is InChI=1S/C17H26BrNOS/c1-17(2,3)10-13(18)11-19-16(20)15-9-12-7-5-4-6-8-14(12)21-15/h9,13H,4-8,10-11H2,1-3H3,(H,19,20). The molecule has 1 unspecified atom stereocenters. The summed E-state index contributed by atoms with van der Waals surface area (Å²) in [5, 5.41) is 3.07. The number of fused-ring (bicyclic) bond motifs is 1. The lowest BCUT2D eigenvalue weighted by atomic mass is 9.90. The molecule has 0 aliphatic heterocycles. The highest BCUT2D eigenvalue weighted by Gasteiger charge is 2.19. The van der Waals surface area contributed by atoms with Gasteiger partial charge in [0.05, 0.1) is 4.88 Å². The summed E-state index contributed by atoms with van der Waals surface area (Å²) in [5.74, 6) is 0.0893. The van der Waals surface area contributed by atoms with Crippen LogP contribution in [-0.2, 0) is 12.8 Å². The first-order valence-corrected chi connectivity index (χ1v) is 9.62. The zero-order valence-corrected chi connectivity index (χ0v) is 15.7. The number of rotatable bonds is 4. The molecule has 1 aromatic rings. The lowest BCUT2D eigenvalue weighted by Gasteiger charge is -2.22. The molecular weight excluding hydrogens is 346 g/mol. The van der Waals surface area contributed by atoms with E-state index >= 15 is 0 Å². The van der Waals surface area contributed by atoms with Crippen LogP contribution in [0.15, 0.2) is 6.07 Å². The first-order valence-electron chi connectivity index (χ1n) is 7.89. The quantitative estimate of drug-likeness (QED) is 0.588. The van der Waals surface area contributed by atoms with E-state index in [1.54, 1.807) is 11.3 Å². The Labute approximate surface area is 140 Å². The SMILES string of the molecule is CC(C)(C)CC(Br)CNC(=O)c1cc2c(s1)CCCCC2. The van der Waals surface area contributed by atoms with Crippen molar-refractivity contribution in [1.29, 1.82) is 0 Å². The van der Waals surface area contributed by atoms with E-state index in [0.717, 1.165) is 24.1 Å². The van der Waals surface area contributed by atoms with Crippen LogP contribution in [-0.4, -0.2) is 17.3 Å². The number of carbonyl (C=O) groups excluding carboxylic acids is 1. The van der Waals surface area contributed by atoms with Crippen LogP contribution in [0.2, 0.25) is 0 Å². The van der Waals surface area contributed by atoms with Crippen molar-refractivity contribution in [3.8, 4) is 0 Å². The maximum Gasteiger partial charge on any atom is 0.261 e. The van der Waals surface area contributed by atoms with E-state index in [1.807, 2.05) is 0 Å². The molecule has 0 saturated heterocycles. The summed E-state index contributed by atoms with van der Waals surface area (Å²) in [5.41, 5.74) is 1.69. The van der Waals surface area contributed by atoms with Crippen molar-refractivity contribution < 1.29 is 4.79 Å². The van der Waals surface area contributed by atoms with Crippen molar-refractivity contribution in [2.24, 2.45) is 5.41 Å². The minimum Gasteiger partial charge on any atom is -0.350 e. The Morgan fingerprint density at radius 1 is 1.33 bits per heavy atom. The third-order valence-corrected chi connectivity index (χ3v) is 5.67. The van der Waals surface area contributed by atoms with Gasteiger partial charge in [-0.25, -0.2) is 0 Å². The van der Waals surface area contributed by atoms with Gasteiger partial charge in [0.25, 0.3) is 5.91 Å². The average Bonchev–Trinajstić information content (AvgIpc) is 2.65. The fraction of sp³-hybridized carbons (Fsp3) is 0.706. The van der Waals surface area contributed by atoms with Crippen molar-refractivity contribution in [2.75, 3.05) is 6.54 Å². The second kappa shape index (κ2) is 7.28. The first-order chi connectivity index (χ1) is 9.85. The molecule has 0 spiro atoms. The van der Waals surface area contributed by atoms with Crippen LogP contribution < -0.4 is 5.32 Å². The van der Waals surface area contributed by atoms with Gasteiger partial charge in [-0.3, -0.25) is 4.79 Å². The molecule has 118 valence electrons. The van der Waals surface area contributed by atoms with E-state index < -0.39 is 0 Å². The lowest BCUT2D eigenvalue weighted by Crippen LogP contribution is -2.30. The minimum atomic E-state index is 0.0893. The summed E-state index contributed by atoms with van der Waals surface area (Å²) in [6.07, 6.45) is 7.20. The molecule has 4 heteroatoms. The van der Waals surface area contributed by atoms with Crippen LogP contribution >= 0.6 is 27.3 Å². The van der Waals surface area contributed by atoms with Crippen LogP contribution in [0.1, 0.15) is 66.6 Å². The second-order valence-electron chi connectivity index (χ2n) is 7.19. The smallest absolute Gasteiger partial charge is 0.261 e. The Kier molecular flexibility index (Phi) is 5.89. The number of hydrogen-bond acceptors (Lipinski definition) is 2. The Morgan fingerprint density at radius 3 is 2.76 bits per heavy atom. The Balaban J connectivity index is 1.89. The molecule has 2 nitrogen and oxygen atoms in total. The fourth-order valence-corrected chi connectivity index (χ4v) is 5.11. The molecule has 0 fully saturated rings. The molecule has 1 aromatic heterocycles. The first kappa shape index (κ1) is 17.0. The van der Waals surface area contributed by atoms with Gasteiger partial charge in [-0.15, -0.1) is 11.3 Å². The number of hydrogen-bond donors (Lipinski definition) is 1. The number of alkyl halides is 1. The number of carbonyl (C=O) groups is 1. The van der Waals surface area contributed by atoms with Gasteiger partial charge in [0.2, 0.25) is 0 Å². The highest BCUT2D eigenvalue weighted by molar-refractivity contribution is 9.09. The van der Waals surface area contributed by atoms with Gasteiger partial charge in [0, 0.05) is 16.2 Å². The molecule has 21 heavy (non-hydrogen) atoms. The highest BCUT2D eigenvalue weighted by atomic mass is 79.9.